The van der Waals surface area contributed by atoms with E-state index in [2.05, 4.69) is 25.4 Å². The molecule has 0 radical (unpaired) electrons. The van der Waals surface area contributed by atoms with Gasteiger partial charge in [0, 0.05) is 28.3 Å². The van der Waals surface area contributed by atoms with Crippen molar-refractivity contribution >= 4 is 29.1 Å². The second-order valence-corrected chi connectivity index (χ2v) is 8.14. The molecular formula is C23H19ClN6O3. The molecule has 1 aliphatic heterocycles. The van der Waals surface area contributed by atoms with Gasteiger partial charge in [-0.3, -0.25) is 4.79 Å². The average Bonchev–Trinajstić information content (AvgIpc) is 3.48. The normalized spacial score (nSPS) is 15.2. The minimum Gasteiger partial charge on any atom is -0.347 e. The van der Waals surface area contributed by atoms with Gasteiger partial charge in [-0.25, -0.2) is 9.78 Å². The maximum Gasteiger partial charge on any atom is 0.322 e. The van der Waals surface area contributed by atoms with Gasteiger partial charge < -0.3 is 19.7 Å². The number of aromatic amines is 1. The van der Waals surface area contributed by atoms with E-state index >= 15 is 0 Å². The first kappa shape index (κ1) is 20.9. The standard InChI is InChI=1S/C23H19ClN6O3/c1-13(31)14-4-8-17(9-5-14)27-23(32)30-11-19-18(25-12-26-19)10-20(30)22-28-21(29-33-22)15-2-6-16(24)7-3-15/h2-9,12,20H,10-11H2,1H3,(H,25,26)(H,27,32)/t20-/m0/s1. The number of aromatic nitrogens is 4. The van der Waals surface area contributed by atoms with Crippen LogP contribution in [0.15, 0.2) is 59.4 Å². The van der Waals surface area contributed by atoms with E-state index < -0.39 is 6.04 Å². The van der Waals surface area contributed by atoms with Crippen molar-refractivity contribution in [3.63, 3.8) is 0 Å². The van der Waals surface area contributed by atoms with Gasteiger partial charge in [0.15, 0.2) is 5.78 Å². The predicted molar refractivity (Wildman–Crippen MR) is 121 cm³/mol. The molecule has 5 rings (SSSR count). The molecule has 33 heavy (non-hydrogen) atoms. The predicted octanol–water partition coefficient (Wildman–Crippen LogP) is 4.65. The number of rotatable bonds is 4. The Kier molecular flexibility index (Phi) is 5.39. The third-order valence-electron chi connectivity index (χ3n) is 5.53. The highest BCUT2D eigenvalue weighted by Gasteiger charge is 2.36. The van der Waals surface area contributed by atoms with Crippen LogP contribution in [0.2, 0.25) is 5.02 Å². The number of urea groups is 1. The second kappa shape index (κ2) is 8.51. The molecule has 2 aromatic heterocycles. The summed E-state index contributed by atoms with van der Waals surface area (Å²) in [5, 5.41) is 7.58. The summed E-state index contributed by atoms with van der Waals surface area (Å²) in [6.45, 7) is 1.80. The molecule has 0 fully saturated rings. The minimum atomic E-state index is -0.495. The van der Waals surface area contributed by atoms with Crippen LogP contribution in [-0.4, -0.2) is 36.8 Å². The van der Waals surface area contributed by atoms with E-state index in [0.717, 1.165) is 17.0 Å². The SMILES string of the molecule is CC(=O)c1ccc(NC(=O)N2Cc3[nH]cnc3C[C@H]2c2nc(-c3ccc(Cl)cc3)no2)cc1. The van der Waals surface area contributed by atoms with E-state index in [1.54, 1.807) is 59.8 Å². The molecule has 166 valence electrons. The number of nitrogens with zero attached hydrogens (tertiary/aromatic N) is 4. The number of halogens is 1. The summed E-state index contributed by atoms with van der Waals surface area (Å²) in [6, 6.07) is 13.0. The highest BCUT2D eigenvalue weighted by atomic mass is 35.5. The van der Waals surface area contributed by atoms with Gasteiger partial charge in [-0.05, 0) is 55.5 Å². The third-order valence-corrected chi connectivity index (χ3v) is 5.78. The van der Waals surface area contributed by atoms with Crippen molar-refractivity contribution in [2.24, 2.45) is 0 Å². The maximum absolute atomic E-state index is 13.2. The largest absolute Gasteiger partial charge is 0.347 e. The van der Waals surface area contributed by atoms with Crippen LogP contribution < -0.4 is 5.32 Å². The van der Waals surface area contributed by atoms with Gasteiger partial charge in [0.2, 0.25) is 11.7 Å². The minimum absolute atomic E-state index is 0.0383. The van der Waals surface area contributed by atoms with Crippen LogP contribution in [0.25, 0.3) is 11.4 Å². The molecule has 2 amide bonds. The van der Waals surface area contributed by atoms with Crippen molar-refractivity contribution in [3.05, 3.63) is 82.7 Å². The van der Waals surface area contributed by atoms with Gasteiger partial charge in [-0.1, -0.05) is 16.8 Å². The summed E-state index contributed by atoms with van der Waals surface area (Å²) in [7, 11) is 0. The number of H-pyrrole nitrogens is 1. The number of anilines is 1. The summed E-state index contributed by atoms with van der Waals surface area (Å²) in [5.74, 6) is 0.689. The smallest absolute Gasteiger partial charge is 0.322 e. The van der Waals surface area contributed by atoms with Gasteiger partial charge in [-0.2, -0.15) is 4.98 Å². The summed E-state index contributed by atoms with van der Waals surface area (Å²) >= 11 is 5.97. The monoisotopic (exact) mass is 462 g/mol. The number of hydrogen-bond acceptors (Lipinski definition) is 6. The zero-order valence-corrected chi connectivity index (χ0v) is 18.3. The number of ketones is 1. The Morgan fingerprint density at radius 3 is 2.64 bits per heavy atom. The highest BCUT2D eigenvalue weighted by Crippen LogP contribution is 2.33. The van der Waals surface area contributed by atoms with E-state index in [1.165, 1.54) is 6.92 Å². The number of nitrogens with one attached hydrogen (secondary N) is 2. The van der Waals surface area contributed by atoms with Crippen molar-refractivity contribution in [3.8, 4) is 11.4 Å². The first-order chi connectivity index (χ1) is 16.0. The Balaban J connectivity index is 1.42. The number of hydrogen-bond donors (Lipinski definition) is 2. The Hall–Kier alpha value is -3.98. The van der Waals surface area contributed by atoms with Crippen LogP contribution >= 0.6 is 11.6 Å². The Morgan fingerprint density at radius 2 is 1.91 bits per heavy atom. The first-order valence-electron chi connectivity index (χ1n) is 10.3. The van der Waals surface area contributed by atoms with Crippen molar-refractivity contribution in [2.45, 2.75) is 25.9 Å². The number of imidazole rings is 1. The second-order valence-electron chi connectivity index (χ2n) is 7.70. The van der Waals surface area contributed by atoms with Gasteiger partial charge >= 0.3 is 6.03 Å². The van der Waals surface area contributed by atoms with Crippen LogP contribution in [-0.2, 0) is 13.0 Å². The summed E-state index contributed by atoms with van der Waals surface area (Å²) in [4.78, 5) is 38.3. The molecule has 3 heterocycles. The molecule has 0 aliphatic carbocycles. The number of carbonyl (C=O) groups is 2. The van der Waals surface area contributed by atoms with E-state index in [9.17, 15) is 9.59 Å². The number of amides is 2. The highest BCUT2D eigenvalue weighted by molar-refractivity contribution is 6.30. The summed E-state index contributed by atoms with van der Waals surface area (Å²) < 4.78 is 5.56. The molecule has 0 saturated heterocycles. The van der Waals surface area contributed by atoms with E-state index in [4.69, 9.17) is 16.1 Å². The van der Waals surface area contributed by atoms with Crippen LogP contribution in [0.3, 0.4) is 0 Å². The van der Waals surface area contributed by atoms with Gasteiger partial charge in [0.1, 0.15) is 6.04 Å². The van der Waals surface area contributed by atoms with Crippen molar-refractivity contribution < 1.29 is 14.1 Å². The maximum atomic E-state index is 13.2. The molecule has 0 unspecified atom stereocenters. The summed E-state index contributed by atoms with van der Waals surface area (Å²) in [5.41, 5.74) is 3.61. The van der Waals surface area contributed by atoms with Crippen LogP contribution in [0.5, 0.6) is 0 Å². The van der Waals surface area contributed by atoms with E-state index in [1.807, 2.05) is 0 Å². The van der Waals surface area contributed by atoms with Gasteiger partial charge in [0.05, 0.1) is 24.3 Å². The van der Waals surface area contributed by atoms with Crippen molar-refractivity contribution in [1.29, 1.82) is 0 Å². The molecule has 0 spiro atoms. The average molecular weight is 463 g/mol. The topological polar surface area (TPSA) is 117 Å². The lowest BCUT2D eigenvalue weighted by Gasteiger charge is -2.32. The van der Waals surface area contributed by atoms with Crippen molar-refractivity contribution in [1.82, 2.24) is 25.0 Å². The van der Waals surface area contributed by atoms with Crippen LogP contribution in [0.1, 0.15) is 40.6 Å². The fourth-order valence-electron chi connectivity index (χ4n) is 3.74. The lowest BCUT2D eigenvalue weighted by Crippen LogP contribution is -2.41. The van der Waals surface area contributed by atoms with Gasteiger partial charge in [0.25, 0.3) is 0 Å². The fourth-order valence-corrected chi connectivity index (χ4v) is 3.87. The molecule has 9 nitrogen and oxygen atoms in total. The molecule has 1 atom stereocenters. The first-order valence-corrected chi connectivity index (χ1v) is 10.6. The van der Waals surface area contributed by atoms with Crippen LogP contribution in [0.4, 0.5) is 10.5 Å². The molecule has 0 saturated carbocycles. The third kappa shape index (κ3) is 4.22. The van der Waals surface area contributed by atoms with E-state index in [0.29, 0.717) is 41.0 Å². The molecule has 0 bridgehead atoms. The van der Waals surface area contributed by atoms with E-state index in [-0.39, 0.29) is 11.8 Å². The molecule has 2 aromatic carbocycles. The lowest BCUT2D eigenvalue weighted by atomic mass is 10.0. The number of fused-ring (bicyclic) bond motifs is 1. The fraction of sp³-hybridized carbons (Fsp3) is 0.174. The zero-order chi connectivity index (χ0) is 22.9. The van der Waals surface area contributed by atoms with Crippen LogP contribution in [0, 0.1) is 0 Å². The quantitative estimate of drug-likeness (QED) is 0.426. The Bertz CT molecular complexity index is 1310. The Morgan fingerprint density at radius 1 is 1.15 bits per heavy atom. The summed E-state index contributed by atoms with van der Waals surface area (Å²) in [6.07, 6.45) is 2.04. The van der Waals surface area contributed by atoms with Gasteiger partial charge in [-0.15, -0.1) is 0 Å². The molecule has 1 aliphatic rings. The van der Waals surface area contributed by atoms with Crippen molar-refractivity contribution in [2.75, 3.05) is 5.32 Å². The lowest BCUT2D eigenvalue weighted by molar-refractivity contribution is 0.101. The number of carbonyl (C=O) groups excluding carboxylic acids is 2. The molecule has 2 N–H and O–H groups in total. The number of benzene rings is 2. The number of Topliss-reactive ketones (excluding diaryl/α,β-unsaturated/α-hetero) is 1. The molecule has 10 heteroatoms. The Labute approximate surface area is 193 Å². The molecular weight excluding hydrogens is 444 g/mol. The zero-order valence-electron chi connectivity index (χ0n) is 17.6. The molecule has 4 aromatic rings.